The van der Waals surface area contributed by atoms with Gasteiger partial charge in [-0.25, -0.2) is 0 Å². The fraction of sp³-hybridized carbons (Fsp3) is 0.636. The Kier molecular flexibility index (Phi) is 15.1. The zero-order valence-electron chi connectivity index (χ0n) is 18.6. The molecule has 0 bridgehead atoms. The normalized spacial score (nSPS) is 12.7. The molecule has 5 heteroatoms. The lowest BCUT2D eigenvalue weighted by Gasteiger charge is -2.17. The molecular formula is C22H37FO4. The number of rotatable bonds is 8. The maximum atomic E-state index is 11.8. The summed E-state index contributed by atoms with van der Waals surface area (Å²) in [7, 11) is -1.00. The van der Waals surface area contributed by atoms with Gasteiger partial charge in [-0.15, -0.1) is 0 Å². The number of halogens is 1. The van der Waals surface area contributed by atoms with Crippen LogP contribution < -0.4 is 0 Å². The van der Waals surface area contributed by atoms with Gasteiger partial charge < -0.3 is 9.84 Å². The number of carbonyl (C=O) groups is 2. The number of carboxylic acid groups (broad SMARTS) is 1. The molecule has 0 amide bonds. The van der Waals surface area contributed by atoms with E-state index in [1.54, 1.807) is 0 Å². The van der Waals surface area contributed by atoms with E-state index >= 15 is 0 Å². The van der Waals surface area contributed by atoms with Gasteiger partial charge in [-0.1, -0.05) is 71.9 Å². The maximum Gasteiger partial charge on any atom is 0.309 e. The van der Waals surface area contributed by atoms with E-state index in [1.807, 2.05) is 58.0 Å². The van der Waals surface area contributed by atoms with Gasteiger partial charge in [0.2, 0.25) is 0 Å². The van der Waals surface area contributed by atoms with E-state index in [9.17, 15) is 14.0 Å². The molecule has 1 aromatic rings. The van der Waals surface area contributed by atoms with Crippen LogP contribution in [0.4, 0.5) is 4.39 Å². The third-order valence-electron chi connectivity index (χ3n) is 4.33. The summed E-state index contributed by atoms with van der Waals surface area (Å²) in [4.78, 5) is 22.1. The highest BCUT2D eigenvalue weighted by Gasteiger charge is 2.21. The number of esters is 1. The van der Waals surface area contributed by atoms with Crippen molar-refractivity contribution in [3.63, 3.8) is 0 Å². The lowest BCUT2D eigenvalue weighted by Crippen LogP contribution is -2.21. The minimum absolute atomic E-state index is 0.0173. The number of ether oxygens (including phenoxy) is 1. The van der Waals surface area contributed by atoms with E-state index in [0.717, 1.165) is 18.4 Å². The molecule has 0 fully saturated rings. The van der Waals surface area contributed by atoms with Crippen LogP contribution in [0.15, 0.2) is 30.3 Å². The smallest absolute Gasteiger partial charge is 0.309 e. The highest BCUT2D eigenvalue weighted by Crippen LogP contribution is 2.17. The molecule has 0 saturated heterocycles. The molecule has 1 aromatic carbocycles. The SMILES string of the molecule is CC[C@H](C(=O)O)C(C)C.CC[C@H](C(=O)OCc1ccccc1)C(C)C.[2H]CF. The van der Waals surface area contributed by atoms with Gasteiger partial charge in [0.1, 0.15) is 6.61 Å². The third-order valence-corrected chi connectivity index (χ3v) is 4.33. The van der Waals surface area contributed by atoms with Crippen molar-refractivity contribution in [3.8, 4) is 0 Å². The summed E-state index contributed by atoms with van der Waals surface area (Å²) in [5.74, 6) is -0.302. The van der Waals surface area contributed by atoms with E-state index in [1.165, 1.54) is 0 Å². The largest absolute Gasteiger partial charge is 0.481 e. The number of aliphatic carboxylic acids is 1. The Bertz CT molecular complexity index is 521. The summed E-state index contributed by atoms with van der Waals surface area (Å²) >= 11 is 0. The Balaban J connectivity index is 0. The first-order chi connectivity index (χ1) is 13.2. The van der Waals surface area contributed by atoms with Crippen molar-refractivity contribution in [2.75, 3.05) is 7.15 Å². The molecule has 0 saturated carbocycles. The number of alkyl halides is 1. The average molecular weight is 386 g/mol. The highest BCUT2D eigenvalue weighted by atomic mass is 19.1. The number of carbonyl (C=O) groups excluding carboxylic acids is 1. The van der Waals surface area contributed by atoms with E-state index in [4.69, 9.17) is 11.2 Å². The highest BCUT2D eigenvalue weighted by molar-refractivity contribution is 5.72. The van der Waals surface area contributed by atoms with Crippen LogP contribution >= 0.6 is 0 Å². The van der Waals surface area contributed by atoms with E-state index < -0.39 is 13.1 Å². The van der Waals surface area contributed by atoms with Gasteiger partial charge in [0.15, 0.2) is 0 Å². The predicted molar refractivity (Wildman–Crippen MR) is 108 cm³/mol. The van der Waals surface area contributed by atoms with E-state index in [0.29, 0.717) is 12.5 Å². The van der Waals surface area contributed by atoms with Crippen molar-refractivity contribution in [3.05, 3.63) is 35.9 Å². The van der Waals surface area contributed by atoms with Crippen LogP contribution in [0.5, 0.6) is 0 Å². The van der Waals surface area contributed by atoms with Crippen molar-refractivity contribution in [2.24, 2.45) is 23.7 Å². The first-order valence-electron chi connectivity index (χ1n) is 10.1. The summed E-state index contributed by atoms with van der Waals surface area (Å²) < 4.78 is 20.8. The van der Waals surface area contributed by atoms with Gasteiger partial charge in [-0.2, -0.15) is 0 Å². The molecule has 0 aromatic heterocycles. The zero-order valence-corrected chi connectivity index (χ0v) is 17.6. The first-order valence-corrected chi connectivity index (χ1v) is 9.44. The minimum atomic E-state index is -1.00. The molecule has 156 valence electrons. The van der Waals surface area contributed by atoms with Crippen LogP contribution in [0, 0.1) is 23.7 Å². The standard InChI is InChI=1S/C14H20O2.C7H14O2.CH3F/c1-4-13(11(2)3)14(15)16-10-12-8-6-5-7-9-12;1-4-6(5(2)3)7(8)9;1-2/h5-9,11,13H,4,10H2,1-3H3;5-6H,4H2,1-3H3,(H,8,9);1H3/t13-;6-;/m00./s1/i;;1D. The molecule has 0 radical (unpaired) electrons. The summed E-state index contributed by atoms with van der Waals surface area (Å²) in [6.07, 6.45) is 1.57. The van der Waals surface area contributed by atoms with Crippen LogP contribution in [0.3, 0.4) is 0 Å². The van der Waals surface area contributed by atoms with Crippen LogP contribution in [0.1, 0.15) is 61.3 Å². The third kappa shape index (κ3) is 12.2. The molecule has 0 heterocycles. The molecule has 4 nitrogen and oxygen atoms in total. The van der Waals surface area contributed by atoms with Crippen LogP contribution in [-0.2, 0) is 20.9 Å². The number of hydrogen-bond acceptors (Lipinski definition) is 3. The van der Waals surface area contributed by atoms with Gasteiger partial charge in [-0.3, -0.25) is 14.0 Å². The fourth-order valence-electron chi connectivity index (χ4n) is 2.68. The molecule has 1 rings (SSSR count). The van der Waals surface area contributed by atoms with Crippen molar-refractivity contribution >= 4 is 11.9 Å². The van der Waals surface area contributed by atoms with Gasteiger partial charge >= 0.3 is 11.9 Å². The summed E-state index contributed by atoms with van der Waals surface area (Å²) in [5, 5.41) is 8.54. The number of carboxylic acids is 1. The second kappa shape index (κ2) is 16.3. The molecule has 0 spiro atoms. The predicted octanol–water partition coefficient (Wildman–Crippen LogP) is 5.75. The Hall–Kier alpha value is -1.91. The lowest BCUT2D eigenvalue weighted by molar-refractivity contribution is -0.151. The number of benzene rings is 1. The molecule has 0 unspecified atom stereocenters. The van der Waals surface area contributed by atoms with E-state index in [-0.39, 0.29) is 23.7 Å². The minimum Gasteiger partial charge on any atom is -0.481 e. The van der Waals surface area contributed by atoms with E-state index in [2.05, 4.69) is 13.8 Å². The Morgan fingerprint density at radius 3 is 1.78 bits per heavy atom. The molecule has 0 aliphatic rings. The molecule has 0 aliphatic carbocycles. The summed E-state index contributed by atoms with van der Waals surface area (Å²) in [5.41, 5.74) is 1.04. The molecule has 0 aliphatic heterocycles. The Morgan fingerprint density at radius 1 is 1.04 bits per heavy atom. The van der Waals surface area contributed by atoms with Crippen LogP contribution in [0.2, 0.25) is 0 Å². The molecule has 1 N–H and O–H groups in total. The second-order valence-corrected chi connectivity index (χ2v) is 6.95. The quantitative estimate of drug-likeness (QED) is 0.579. The monoisotopic (exact) mass is 385 g/mol. The first kappa shape index (κ1) is 25.1. The maximum absolute atomic E-state index is 11.8. The lowest BCUT2D eigenvalue weighted by atomic mass is 9.93. The second-order valence-electron chi connectivity index (χ2n) is 6.95. The van der Waals surface area contributed by atoms with Gasteiger partial charge in [-0.05, 0) is 30.2 Å². The van der Waals surface area contributed by atoms with Crippen molar-refractivity contribution in [2.45, 2.75) is 61.0 Å². The molecular weight excluding hydrogens is 347 g/mol. The van der Waals surface area contributed by atoms with Crippen molar-refractivity contribution < 1.29 is 25.2 Å². The van der Waals surface area contributed by atoms with Crippen LogP contribution in [0.25, 0.3) is 0 Å². The fourth-order valence-corrected chi connectivity index (χ4v) is 2.68. The zero-order chi connectivity index (χ0) is 22.1. The van der Waals surface area contributed by atoms with Crippen molar-refractivity contribution in [1.82, 2.24) is 0 Å². The number of hydrogen-bond donors (Lipinski definition) is 1. The molecule has 2 atom stereocenters. The topological polar surface area (TPSA) is 63.6 Å². The van der Waals surface area contributed by atoms with Gasteiger partial charge in [0.05, 0.1) is 20.4 Å². The summed E-state index contributed by atoms with van der Waals surface area (Å²) in [6.45, 7) is 12.3. The molecule has 27 heavy (non-hydrogen) atoms. The average Bonchev–Trinajstić information content (AvgIpc) is 2.62. The van der Waals surface area contributed by atoms with Gasteiger partial charge in [0, 0.05) is 0 Å². The van der Waals surface area contributed by atoms with Gasteiger partial charge in [0.25, 0.3) is 0 Å². The Labute approximate surface area is 165 Å². The Morgan fingerprint density at radius 2 is 1.48 bits per heavy atom. The van der Waals surface area contributed by atoms with Crippen LogP contribution in [-0.4, -0.2) is 24.2 Å². The van der Waals surface area contributed by atoms with Crippen molar-refractivity contribution in [1.29, 1.82) is 0 Å². The summed E-state index contributed by atoms with van der Waals surface area (Å²) in [6, 6.07) is 9.77.